The van der Waals surface area contributed by atoms with Crippen LogP contribution in [0, 0.1) is 0 Å². The summed E-state index contributed by atoms with van der Waals surface area (Å²) in [6, 6.07) is 0. The fraction of sp³-hybridized carbons (Fsp3) is 0.850. The summed E-state index contributed by atoms with van der Waals surface area (Å²) in [5.41, 5.74) is 0. The number of hydrogen-bond donors (Lipinski definition) is 0. The van der Waals surface area contributed by atoms with E-state index in [1.165, 1.54) is 84.2 Å². The summed E-state index contributed by atoms with van der Waals surface area (Å²) in [5, 5.41) is 0. The van der Waals surface area contributed by atoms with Crippen molar-refractivity contribution >= 4 is 5.97 Å². The molecule has 0 rings (SSSR count). The Balaban J connectivity index is 0. The topological polar surface area (TPSA) is 35.5 Å². The molecule has 0 aromatic rings. The van der Waals surface area contributed by atoms with Crippen molar-refractivity contribution in [2.75, 3.05) is 20.3 Å². The first-order valence-corrected chi connectivity index (χ1v) is 9.50. The zero-order chi connectivity index (χ0) is 17.6. The zero-order valence-electron chi connectivity index (χ0n) is 15.9. The van der Waals surface area contributed by atoms with Crippen LogP contribution in [0.1, 0.15) is 90.9 Å². The van der Waals surface area contributed by atoms with Gasteiger partial charge in [-0.15, -0.1) is 0 Å². The van der Waals surface area contributed by atoms with Crippen molar-refractivity contribution in [3.63, 3.8) is 0 Å². The number of carbonyl (C=O) groups is 1. The van der Waals surface area contributed by atoms with Gasteiger partial charge in [-0.2, -0.15) is 0 Å². The number of methoxy groups -OCH3 is 1. The maximum atomic E-state index is 9.84. The second-order valence-corrected chi connectivity index (χ2v) is 5.88. The van der Waals surface area contributed by atoms with E-state index in [1.807, 2.05) is 0 Å². The molecule has 3 nitrogen and oxygen atoms in total. The van der Waals surface area contributed by atoms with Crippen molar-refractivity contribution < 1.29 is 14.3 Å². The van der Waals surface area contributed by atoms with Gasteiger partial charge in [0.1, 0.15) is 0 Å². The lowest BCUT2D eigenvalue weighted by Gasteiger charge is -2.04. The molecule has 0 aliphatic rings. The van der Waals surface area contributed by atoms with Gasteiger partial charge in [0.25, 0.3) is 0 Å². The maximum Gasteiger partial charge on any atom is 0.329 e. The number of hydrogen-bond acceptors (Lipinski definition) is 3. The molecular weight excluding hydrogens is 288 g/mol. The van der Waals surface area contributed by atoms with Gasteiger partial charge in [-0.1, -0.05) is 84.6 Å². The average molecular weight is 329 g/mol. The first-order valence-electron chi connectivity index (χ1n) is 9.50. The largest absolute Gasteiger partial charge is 0.466 e. The molecule has 23 heavy (non-hydrogen) atoms. The van der Waals surface area contributed by atoms with Gasteiger partial charge in [0, 0.05) is 19.3 Å². The number of carbonyl (C=O) groups excluding carboxylic acids is 1. The van der Waals surface area contributed by atoms with Gasteiger partial charge in [0.15, 0.2) is 0 Å². The quantitative estimate of drug-likeness (QED) is 0.208. The summed E-state index contributed by atoms with van der Waals surface area (Å²) in [5.74, 6) is -0.394. The third kappa shape index (κ3) is 26.4. The zero-order valence-corrected chi connectivity index (χ0v) is 15.9. The van der Waals surface area contributed by atoms with Gasteiger partial charge in [0.05, 0.1) is 7.11 Å². The number of ether oxygens (including phenoxy) is 2. The maximum absolute atomic E-state index is 9.84. The molecule has 0 atom stereocenters. The highest BCUT2D eigenvalue weighted by molar-refractivity contribution is 5.80. The number of rotatable bonds is 15. The Hall–Kier alpha value is -0.830. The molecule has 0 saturated heterocycles. The Kier molecular flexibility index (Phi) is 24.9. The van der Waals surface area contributed by atoms with Gasteiger partial charge in [-0.25, -0.2) is 4.79 Å². The van der Waals surface area contributed by atoms with Gasteiger partial charge in [0.2, 0.25) is 0 Å². The summed E-state index contributed by atoms with van der Waals surface area (Å²) in [6.45, 7) is 9.67. The van der Waals surface area contributed by atoms with Gasteiger partial charge >= 0.3 is 5.97 Å². The minimum Gasteiger partial charge on any atom is -0.466 e. The van der Waals surface area contributed by atoms with Crippen LogP contribution in [0.25, 0.3) is 0 Å². The second-order valence-electron chi connectivity index (χ2n) is 5.88. The van der Waals surface area contributed by atoms with Crippen LogP contribution in [-0.2, 0) is 14.3 Å². The van der Waals surface area contributed by atoms with Gasteiger partial charge in [-0.05, 0) is 12.8 Å². The van der Waals surface area contributed by atoms with E-state index in [2.05, 4.69) is 25.2 Å². The summed E-state index contributed by atoms with van der Waals surface area (Å²) in [7, 11) is 1.31. The van der Waals surface area contributed by atoms with E-state index in [-0.39, 0.29) is 0 Å². The monoisotopic (exact) mass is 328 g/mol. The summed E-state index contributed by atoms with van der Waals surface area (Å²) in [4.78, 5) is 9.84. The lowest BCUT2D eigenvalue weighted by atomic mass is 10.1. The van der Waals surface area contributed by atoms with Crippen molar-refractivity contribution in [1.29, 1.82) is 0 Å². The molecule has 3 heteroatoms. The smallest absolute Gasteiger partial charge is 0.329 e. The molecule has 0 heterocycles. The molecule has 0 aromatic heterocycles. The van der Waals surface area contributed by atoms with Crippen LogP contribution in [0.4, 0.5) is 0 Å². The Bertz CT molecular complexity index is 225. The Morgan fingerprint density at radius 3 is 1.48 bits per heavy atom. The van der Waals surface area contributed by atoms with E-state index < -0.39 is 5.97 Å². The van der Waals surface area contributed by atoms with E-state index in [0.717, 1.165) is 19.3 Å². The molecule has 0 bridgehead atoms. The lowest BCUT2D eigenvalue weighted by Crippen LogP contribution is -1.97. The lowest BCUT2D eigenvalue weighted by molar-refractivity contribution is -0.134. The Morgan fingerprint density at radius 2 is 1.17 bits per heavy atom. The van der Waals surface area contributed by atoms with Crippen LogP contribution in [0.3, 0.4) is 0 Å². The van der Waals surface area contributed by atoms with E-state index in [9.17, 15) is 4.79 Å². The molecular formula is C20H40O3. The third-order valence-electron chi connectivity index (χ3n) is 3.65. The first-order chi connectivity index (χ1) is 11.2. The molecule has 0 spiro atoms. The van der Waals surface area contributed by atoms with Crippen molar-refractivity contribution in [2.45, 2.75) is 90.9 Å². The summed E-state index contributed by atoms with van der Waals surface area (Å²) < 4.78 is 9.79. The average Bonchev–Trinajstić information content (AvgIpc) is 2.59. The molecule has 0 saturated carbocycles. The summed E-state index contributed by atoms with van der Waals surface area (Å²) in [6.07, 6.45) is 17.5. The third-order valence-corrected chi connectivity index (χ3v) is 3.65. The molecule has 0 aromatic carbocycles. The molecule has 0 N–H and O–H groups in total. The van der Waals surface area contributed by atoms with Crippen molar-refractivity contribution in [1.82, 2.24) is 0 Å². The fourth-order valence-corrected chi connectivity index (χ4v) is 2.15. The highest BCUT2D eigenvalue weighted by Crippen LogP contribution is 2.06. The highest BCUT2D eigenvalue weighted by atomic mass is 16.5. The normalized spacial score (nSPS) is 9.87. The van der Waals surface area contributed by atoms with Crippen molar-refractivity contribution in [2.24, 2.45) is 0 Å². The molecule has 0 fully saturated rings. The molecule has 0 aliphatic carbocycles. The van der Waals surface area contributed by atoms with Crippen LogP contribution in [0.5, 0.6) is 0 Å². The SMILES string of the molecule is C=CC(=O)OC.CCCCCCCCOCCCCCCCC. The van der Waals surface area contributed by atoms with E-state index >= 15 is 0 Å². The number of esters is 1. The molecule has 0 aliphatic heterocycles. The van der Waals surface area contributed by atoms with Gasteiger partial charge < -0.3 is 9.47 Å². The second kappa shape index (κ2) is 23.4. The first kappa shape index (κ1) is 24.4. The Morgan fingerprint density at radius 1 is 0.783 bits per heavy atom. The van der Waals surface area contributed by atoms with Crippen LogP contribution in [-0.4, -0.2) is 26.3 Å². The highest BCUT2D eigenvalue weighted by Gasteiger charge is 1.92. The molecule has 138 valence electrons. The standard InChI is InChI=1S/C16H34O.C4H6O2/c1-3-5-7-9-11-13-15-17-16-14-12-10-8-6-4-2;1-3-4(5)6-2/h3-16H2,1-2H3;3H,1H2,2H3. The predicted molar refractivity (Wildman–Crippen MR) is 99.8 cm³/mol. The molecule has 0 amide bonds. The van der Waals surface area contributed by atoms with E-state index in [4.69, 9.17) is 4.74 Å². The van der Waals surface area contributed by atoms with Crippen LogP contribution in [0.15, 0.2) is 12.7 Å². The fourth-order valence-electron chi connectivity index (χ4n) is 2.15. The predicted octanol–water partition coefficient (Wildman–Crippen LogP) is 6.07. The van der Waals surface area contributed by atoms with Crippen LogP contribution >= 0.6 is 0 Å². The Labute approximate surface area is 144 Å². The molecule has 0 unspecified atom stereocenters. The summed E-state index contributed by atoms with van der Waals surface area (Å²) >= 11 is 0. The van der Waals surface area contributed by atoms with Crippen molar-refractivity contribution in [3.05, 3.63) is 12.7 Å². The van der Waals surface area contributed by atoms with Crippen molar-refractivity contribution in [3.8, 4) is 0 Å². The van der Waals surface area contributed by atoms with E-state index in [0.29, 0.717) is 0 Å². The number of unbranched alkanes of at least 4 members (excludes halogenated alkanes) is 10. The van der Waals surface area contributed by atoms with Gasteiger partial charge in [-0.3, -0.25) is 0 Å². The minimum atomic E-state index is -0.394. The minimum absolute atomic E-state index is 0.394. The van der Waals surface area contributed by atoms with E-state index in [1.54, 1.807) is 0 Å². The molecule has 0 radical (unpaired) electrons. The van der Waals surface area contributed by atoms with Crippen LogP contribution in [0.2, 0.25) is 0 Å². The van der Waals surface area contributed by atoms with Crippen LogP contribution < -0.4 is 0 Å².